The molecule has 0 spiro atoms. The molecule has 2 rings (SSSR count). The Kier molecular flexibility index (Phi) is 2.02. The molecule has 3 heteroatoms. The van der Waals surface area contributed by atoms with E-state index in [1.807, 2.05) is 22.9 Å². The molecule has 0 aliphatic heterocycles. The summed E-state index contributed by atoms with van der Waals surface area (Å²) in [6.45, 7) is 2.20. The van der Waals surface area contributed by atoms with Gasteiger partial charge in [-0.2, -0.15) is 0 Å². The molecular weight excluding hydrogens is 164 g/mol. The van der Waals surface area contributed by atoms with Gasteiger partial charge in [0.25, 0.3) is 0 Å². The molecule has 68 valence electrons. The molecule has 0 atom stereocenters. The average molecular weight is 176 g/mol. The molecule has 0 saturated carbocycles. The summed E-state index contributed by atoms with van der Waals surface area (Å²) >= 11 is 0. The van der Waals surface area contributed by atoms with Crippen LogP contribution in [0.15, 0.2) is 24.5 Å². The molecule has 13 heavy (non-hydrogen) atoms. The van der Waals surface area contributed by atoms with Crippen LogP contribution in [0.3, 0.4) is 0 Å². The molecule has 0 bridgehead atoms. The maximum absolute atomic E-state index is 8.81. The third kappa shape index (κ3) is 1.31. The molecule has 0 aromatic carbocycles. The van der Waals surface area contributed by atoms with Crippen LogP contribution >= 0.6 is 0 Å². The summed E-state index contributed by atoms with van der Waals surface area (Å²) in [5.41, 5.74) is 2.32. The van der Waals surface area contributed by atoms with Gasteiger partial charge in [-0.05, 0) is 18.6 Å². The van der Waals surface area contributed by atoms with Crippen molar-refractivity contribution in [3.8, 4) is 0 Å². The second-order valence-corrected chi connectivity index (χ2v) is 3.09. The Bertz CT molecular complexity index is 420. The summed E-state index contributed by atoms with van der Waals surface area (Å²) in [6, 6.07) is 4.05. The number of hydrogen-bond donors (Lipinski definition) is 1. The fourth-order valence-corrected chi connectivity index (χ4v) is 1.50. The number of aromatic nitrogens is 2. The number of fused-ring (bicyclic) bond motifs is 1. The number of aryl methyl sites for hydroxylation is 1. The van der Waals surface area contributed by atoms with Crippen molar-refractivity contribution in [1.82, 2.24) is 9.38 Å². The molecule has 2 heterocycles. The summed E-state index contributed by atoms with van der Waals surface area (Å²) in [7, 11) is 0. The quantitative estimate of drug-likeness (QED) is 0.746. The Morgan fingerprint density at radius 3 is 3.15 bits per heavy atom. The van der Waals surface area contributed by atoms with E-state index in [2.05, 4.69) is 18.0 Å². The fourth-order valence-electron chi connectivity index (χ4n) is 1.50. The van der Waals surface area contributed by atoms with Crippen LogP contribution in [-0.2, 0) is 6.42 Å². The average Bonchev–Trinajstić information content (AvgIpc) is 2.51. The van der Waals surface area contributed by atoms with Gasteiger partial charge < -0.3 is 9.51 Å². The maximum Gasteiger partial charge on any atom is 0.115 e. The van der Waals surface area contributed by atoms with Crippen molar-refractivity contribution in [2.75, 3.05) is 6.61 Å². The smallest absolute Gasteiger partial charge is 0.115 e. The minimum atomic E-state index is 0.146. The first-order valence-corrected chi connectivity index (χ1v) is 4.35. The summed E-state index contributed by atoms with van der Waals surface area (Å²) in [5.74, 6) is 0.918. The topological polar surface area (TPSA) is 37.5 Å². The molecule has 2 aromatic rings. The van der Waals surface area contributed by atoms with Crippen molar-refractivity contribution in [3.05, 3.63) is 35.9 Å². The third-order valence-corrected chi connectivity index (χ3v) is 2.19. The zero-order chi connectivity index (χ0) is 9.26. The molecule has 0 radical (unpaired) electrons. The Morgan fingerprint density at radius 2 is 2.38 bits per heavy atom. The molecule has 0 unspecified atom stereocenters. The van der Waals surface area contributed by atoms with E-state index in [-0.39, 0.29) is 6.61 Å². The first kappa shape index (κ1) is 8.26. The first-order valence-electron chi connectivity index (χ1n) is 4.35. The van der Waals surface area contributed by atoms with Crippen LogP contribution in [0.2, 0.25) is 0 Å². The van der Waals surface area contributed by atoms with E-state index in [1.165, 1.54) is 5.56 Å². The SMILES string of the molecule is Cc1cccn2c(CCO)ncc12. The van der Waals surface area contributed by atoms with Crippen molar-refractivity contribution in [1.29, 1.82) is 0 Å². The predicted molar refractivity (Wildman–Crippen MR) is 50.7 cm³/mol. The van der Waals surface area contributed by atoms with Crippen LogP contribution < -0.4 is 0 Å². The van der Waals surface area contributed by atoms with E-state index < -0.39 is 0 Å². The van der Waals surface area contributed by atoms with Crippen LogP contribution in [0.4, 0.5) is 0 Å². The van der Waals surface area contributed by atoms with Crippen molar-refractivity contribution in [2.24, 2.45) is 0 Å². The first-order chi connectivity index (χ1) is 6.33. The zero-order valence-electron chi connectivity index (χ0n) is 7.57. The molecule has 2 aromatic heterocycles. The van der Waals surface area contributed by atoms with Gasteiger partial charge in [0, 0.05) is 12.6 Å². The van der Waals surface area contributed by atoms with Crippen LogP contribution in [-0.4, -0.2) is 21.1 Å². The van der Waals surface area contributed by atoms with Gasteiger partial charge in [-0.3, -0.25) is 0 Å². The fraction of sp³-hybridized carbons (Fsp3) is 0.300. The number of hydrogen-bond acceptors (Lipinski definition) is 2. The lowest BCUT2D eigenvalue weighted by Gasteiger charge is -2.00. The highest BCUT2D eigenvalue weighted by Crippen LogP contribution is 2.11. The number of pyridine rings is 1. The van der Waals surface area contributed by atoms with Gasteiger partial charge in [0.15, 0.2) is 0 Å². The lowest BCUT2D eigenvalue weighted by atomic mass is 10.2. The largest absolute Gasteiger partial charge is 0.396 e. The Labute approximate surface area is 76.7 Å². The molecule has 3 nitrogen and oxygen atoms in total. The van der Waals surface area contributed by atoms with E-state index in [0.717, 1.165) is 11.3 Å². The Morgan fingerprint density at radius 1 is 1.54 bits per heavy atom. The highest BCUT2D eigenvalue weighted by atomic mass is 16.3. The van der Waals surface area contributed by atoms with E-state index >= 15 is 0 Å². The monoisotopic (exact) mass is 176 g/mol. The van der Waals surface area contributed by atoms with Crippen LogP contribution in [0.1, 0.15) is 11.4 Å². The standard InChI is InChI=1S/C10H12N2O/c1-8-3-2-5-12-9(8)7-11-10(12)4-6-13/h2-3,5,7,13H,4,6H2,1H3. The van der Waals surface area contributed by atoms with Crippen molar-refractivity contribution >= 4 is 5.52 Å². The van der Waals surface area contributed by atoms with Gasteiger partial charge in [0.1, 0.15) is 5.82 Å². The Balaban J connectivity index is 2.61. The molecule has 0 saturated heterocycles. The summed E-state index contributed by atoms with van der Waals surface area (Å²) in [5, 5.41) is 8.81. The maximum atomic E-state index is 8.81. The highest BCUT2D eigenvalue weighted by molar-refractivity contribution is 5.53. The van der Waals surface area contributed by atoms with Gasteiger partial charge in [0.05, 0.1) is 18.3 Å². The van der Waals surface area contributed by atoms with Crippen molar-refractivity contribution in [2.45, 2.75) is 13.3 Å². The second kappa shape index (κ2) is 3.18. The third-order valence-electron chi connectivity index (χ3n) is 2.19. The Hall–Kier alpha value is -1.35. The molecule has 1 N–H and O–H groups in total. The summed E-state index contributed by atoms with van der Waals surface area (Å²) < 4.78 is 2.02. The van der Waals surface area contributed by atoms with Gasteiger partial charge in [-0.1, -0.05) is 6.07 Å². The summed E-state index contributed by atoms with van der Waals surface area (Å²) in [4.78, 5) is 4.25. The zero-order valence-corrected chi connectivity index (χ0v) is 7.57. The molecule has 0 fully saturated rings. The number of nitrogens with zero attached hydrogens (tertiary/aromatic N) is 2. The summed E-state index contributed by atoms with van der Waals surface area (Å²) in [6.07, 6.45) is 4.43. The minimum Gasteiger partial charge on any atom is -0.396 e. The van der Waals surface area contributed by atoms with Crippen LogP contribution in [0, 0.1) is 6.92 Å². The number of rotatable bonds is 2. The predicted octanol–water partition coefficient (Wildman–Crippen LogP) is 1.18. The van der Waals surface area contributed by atoms with Crippen molar-refractivity contribution in [3.63, 3.8) is 0 Å². The molecular formula is C10H12N2O. The number of aliphatic hydroxyl groups is 1. The normalized spacial score (nSPS) is 10.9. The van der Waals surface area contributed by atoms with Gasteiger partial charge >= 0.3 is 0 Å². The van der Waals surface area contributed by atoms with Gasteiger partial charge in [-0.15, -0.1) is 0 Å². The van der Waals surface area contributed by atoms with E-state index in [4.69, 9.17) is 5.11 Å². The van der Waals surface area contributed by atoms with E-state index in [9.17, 15) is 0 Å². The lowest BCUT2D eigenvalue weighted by Crippen LogP contribution is -1.98. The number of aliphatic hydroxyl groups excluding tert-OH is 1. The van der Waals surface area contributed by atoms with E-state index in [1.54, 1.807) is 0 Å². The van der Waals surface area contributed by atoms with Crippen LogP contribution in [0.5, 0.6) is 0 Å². The minimum absolute atomic E-state index is 0.146. The molecule has 0 aliphatic carbocycles. The lowest BCUT2D eigenvalue weighted by molar-refractivity contribution is 0.296. The molecule has 0 aliphatic rings. The van der Waals surface area contributed by atoms with Gasteiger partial charge in [0.2, 0.25) is 0 Å². The van der Waals surface area contributed by atoms with Gasteiger partial charge in [-0.25, -0.2) is 4.98 Å². The van der Waals surface area contributed by atoms with Crippen molar-refractivity contribution < 1.29 is 5.11 Å². The van der Waals surface area contributed by atoms with E-state index in [0.29, 0.717) is 6.42 Å². The highest BCUT2D eigenvalue weighted by Gasteiger charge is 2.03. The van der Waals surface area contributed by atoms with Crippen LogP contribution in [0.25, 0.3) is 5.52 Å². The molecule has 0 amide bonds. The number of imidazole rings is 1. The second-order valence-electron chi connectivity index (χ2n) is 3.09.